The summed E-state index contributed by atoms with van der Waals surface area (Å²) in [5, 5.41) is -0.0132. The number of benzene rings is 1. The molecule has 0 unspecified atom stereocenters. The van der Waals surface area contributed by atoms with E-state index in [4.69, 9.17) is 16.3 Å². The molecule has 3 aliphatic rings. The maximum Gasteiger partial charge on any atom is 0.279 e. The van der Waals surface area contributed by atoms with Gasteiger partial charge >= 0.3 is 0 Å². The lowest BCUT2D eigenvalue weighted by molar-refractivity contribution is -0.137. The fraction of sp³-hybridized carbons (Fsp3) is 0.455. The Balaban J connectivity index is 1.26. The summed E-state index contributed by atoms with van der Waals surface area (Å²) in [6.45, 7) is 6.60. The van der Waals surface area contributed by atoms with E-state index in [1.165, 1.54) is 5.69 Å². The van der Waals surface area contributed by atoms with Crippen molar-refractivity contribution in [3.63, 3.8) is 0 Å². The van der Waals surface area contributed by atoms with Crippen LogP contribution in [0.15, 0.2) is 41.1 Å². The highest BCUT2D eigenvalue weighted by atomic mass is 35.5. The highest BCUT2D eigenvalue weighted by Gasteiger charge is 2.40. The number of ether oxygens (including phenoxy) is 1. The van der Waals surface area contributed by atoms with Crippen molar-refractivity contribution < 1.29 is 14.3 Å². The first-order valence-corrected chi connectivity index (χ1v) is 10.6. The predicted octanol–water partition coefficient (Wildman–Crippen LogP) is 0.963. The molecule has 2 fully saturated rings. The van der Waals surface area contributed by atoms with E-state index in [0.29, 0.717) is 32.8 Å². The number of amides is 2. The molecule has 4 rings (SSSR count). The Labute approximate surface area is 181 Å². The zero-order valence-corrected chi connectivity index (χ0v) is 17.6. The van der Waals surface area contributed by atoms with Gasteiger partial charge in [-0.05, 0) is 12.1 Å². The largest absolute Gasteiger partial charge is 0.378 e. The summed E-state index contributed by atoms with van der Waals surface area (Å²) in [5.74, 6) is 5.25. The highest BCUT2D eigenvalue weighted by molar-refractivity contribution is 6.47. The van der Waals surface area contributed by atoms with Crippen LogP contribution >= 0.6 is 11.6 Å². The second kappa shape index (κ2) is 9.52. The lowest BCUT2D eigenvalue weighted by Gasteiger charge is -2.35. The van der Waals surface area contributed by atoms with Crippen LogP contribution in [0, 0.1) is 11.8 Å². The van der Waals surface area contributed by atoms with Crippen molar-refractivity contribution in [2.45, 2.75) is 0 Å². The van der Waals surface area contributed by atoms with E-state index in [1.807, 2.05) is 11.0 Å². The molecule has 0 atom stereocenters. The van der Waals surface area contributed by atoms with E-state index in [0.717, 1.165) is 31.1 Å². The molecule has 1 aromatic rings. The lowest BCUT2D eigenvalue weighted by Crippen LogP contribution is -2.46. The van der Waals surface area contributed by atoms with Gasteiger partial charge in [-0.25, -0.2) is 0 Å². The Morgan fingerprint density at radius 1 is 0.833 bits per heavy atom. The minimum absolute atomic E-state index is 0.0132. The van der Waals surface area contributed by atoms with Crippen molar-refractivity contribution in [2.75, 3.05) is 70.5 Å². The van der Waals surface area contributed by atoms with Gasteiger partial charge < -0.3 is 14.5 Å². The number of hydrogen-bond acceptors (Lipinski definition) is 6. The molecule has 2 saturated heterocycles. The first kappa shape index (κ1) is 20.7. The predicted molar refractivity (Wildman–Crippen MR) is 115 cm³/mol. The summed E-state index contributed by atoms with van der Waals surface area (Å²) in [7, 11) is 0. The van der Waals surface area contributed by atoms with Gasteiger partial charge in [-0.3, -0.25) is 19.4 Å². The van der Waals surface area contributed by atoms with Gasteiger partial charge in [0.1, 0.15) is 10.7 Å². The van der Waals surface area contributed by atoms with Crippen molar-refractivity contribution >= 4 is 29.1 Å². The molecule has 158 valence electrons. The van der Waals surface area contributed by atoms with Crippen LogP contribution in [-0.2, 0) is 14.3 Å². The molecule has 2 amide bonds. The number of anilines is 1. The highest BCUT2D eigenvalue weighted by Crippen LogP contribution is 2.27. The van der Waals surface area contributed by atoms with Crippen LogP contribution < -0.4 is 4.90 Å². The maximum absolute atomic E-state index is 12.7. The van der Waals surface area contributed by atoms with Crippen LogP contribution in [0.2, 0.25) is 0 Å². The molecule has 0 spiro atoms. The third-order valence-corrected chi connectivity index (χ3v) is 5.92. The number of nitrogens with zero attached hydrogens (tertiary/aromatic N) is 4. The number of carbonyl (C=O) groups is 2. The number of halogens is 1. The molecule has 3 aliphatic heterocycles. The van der Waals surface area contributed by atoms with E-state index in [-0.39, 0.29) is 23.2 Å². The van der Waals surface area contributed by atoms with Crippen molar-refractivity contribution in [3.05, 3.63) is 41.1 Å². The molecule has 0 radical (unpaired) electrons. The molecule has 0 N–H and O–H groups in total. The smallest absolute Gasteiger partial charge is 0.279 e. The Bertz CT molecular complexity index is 879. The number of rotatable bonds is 4. The standard InChI is InChI=1S/C22H25ClN4O3/c23-19-20(26-14-16-30-17-15-26)22(29)27(21(19)28)9-5-4-8-24-10-12-25(13-11-24)18-6-2-1-3-7-18/h1-3,6-7H,8-17H2. The van der Waals surface area contributed by atoms with Crippen molar-refractivity contribution in [2.24, 2.45) is 0 Å². The minimum Gasteiger partial charge on any atom is -0.378 e. The van der Waals surface area contributed by atoms with Crippen molar-refractivity contribution in [3.8, 4) is 11.8 Å². The fourth-order valence-electron chi connectivity index (χ4n) is 3.84. The summed E-state index contributed by atoms with van der Waals surface area (Å²) in [6.07, 6.45) is 0. The number of hydrogen-bond donors (Lipinski definition) is 0. The third kappa shape index (κ3) is 4.46. The summed E-state index contributed by atoms with van der Waals surface area (Å²) < 4.78 is 5.31. The first-order valence-electron chi connectivity index (χ1n) is 10.2. The Morgan fingerprint density at radius 2 is 1.50 bits per heavy atom. The first-order chi connectivity index (χ1) is 14.6. The molecule has 8 heteroatoms. The van der Waals surface area contributed by atoms with Crippen LogP contribution in [0.4, 0.5) is 5.69 Å². The molecule has 0 saturated carbocycles. The third-order valence-electron chi connectivity index (χ3n) is 5.57. The molecule has 0 aliphatic carbocycles. The van der Waals surface area contributed by atoms with Gasteiger partial charge in [0.25, 0.3) is 11.8 Å². The van der Waals surface area contributed by atoms with Gasteiger partial charge in [0.2, 0.25) is 0 Å². The second-order valence-electron chi connectivity index (χ2n) is 7.41. The molecule has 1 aromatic carbocycles. The fourth-order valence-corrected chi connectivity index (χ4v) is 4.15. The topological polar surface area (TPSA) is 56.3 Å². The minimum atomic E-state index is -0.464. The molecule has 0 bridgehead atoms. The molecule has 3 heterocycles. The van der Waals surface area contributed by atoms with Crippen molar-refractivity contribution in [1.82, 2.24) is 14.7 Å². The van der Waals surface area contributed by atoms with Gasteiger partial charge in [-0.1, -0.05) is 41.6 Å². The monoisotopic (exact) mass is 428 g/mol. The second-order valence-corrected chi connectivity index (χ2v) is 7.79. The average Bonchev–Trinajstić information content (AvgIpc) is 3.01. The molecule has 0 aromatic heterocycles. The molecule has 7 nitrogen and oxygen atoms in total. The maximum atomic E-state index is 12.7. The summed E-state index contributed by atoms with van der Waals surface area (Å²) in [6, 6.07) is 10.4. The van der Waals surface area contributed by atoms with E-state index in [2.05, 4.69) is 45.9 Å². The Morgan fingerprint density at radius 3 is 2.20 bits per heavy atom. The van der Waals surface area contributed by atoms with Gasteiger partial charge in [-0.15, -0.1) is 0 Å². The van der Waals surface area contributed by atoms with Crippen molar-refractivity contribution in [1.29, 1.82) is 0 Å². The SMILES string of the molecule is O=C1C(Cl)=C(N2CCOCC2)C(=O)N1CC#CCN1CCN(c2ccccc2)CC1. The van der Waals surface area contributed by atoms with Crippen LogP contribution in [0.3, 0.4) is 0 Å². The molecular formula is C22H25ClN4O3. The Hall–Kier alpha value is -2.53. The summed E-state index contributed by atoms with van der Waals surface area (Å²) in [5.41, 5.74) is 1.53. The van der Waals surface area contributed by atoms with Crippen LogP contribution in [0.1, 0.15) is 0 Å². The van der Waals surface area contributed by atoms with Crippen LogP contribution in [0.5, 0.6) is 0 Å². The van der Waals surface area contributed by atoms with E-state index in [1.54, 1.807) is 0 Å². The number of piperazine rings is 1. The number of para-hydroxylation sites is 1. The zero-order valence-electron chi connectivity index (χ0n) is 16.8. The lowest BCUT2D eigenvalue weighted by atomic mass is 10.2. The normalized spacial score (nSPS) is 20.6. The average molecular weight is 429 g/mol. The quantitative estimate of drug-likeness (QED) is 0.526. The van der Waals surface area contributed by atoms with Gasteiger partial charge in [0.15, 0.2) is 0 Å². The van der Waals surface area contributed by atoms with E-state index >= 15 is 0 Å². The van der Waals surface area contributed by atoms with Crippen LogP contribution in [0.25, 0.3) is 0 Å². The van der Waals surface area contributed by atoms with E-state index in [9.17, 15) is 9.59 Å². The van der Waals surface area contributed by atoms with Gasteiger partial charge in [0, 0.05) is 45.0 Å². The van der Waals surface area contributed by atoms with Gasteiger partial charge in [-0.2, -0.15) is 0 Å². The zero-order chi connectivity index (χ0) is 20.9. The summed E-state index contributed by atoms with van der Waals surface area (Å²) in [4.78, 5) is 32.7. The van der Waals surface area contributed by atoms with Crippen LogP contribution in [-0.4, -0.2) is 92.1 Å². The van der Waals surface area contributed by atoms with E-state index < -0.39 is 5.91 Å². The summed E-state index contributed by atoms with van der Waals surface area (Å²) >= 11 is 6.17. The molecule has 30 heavy (non-hydrogen) atoms. The number of morpholine rings is 1. The Kier molecular flexibility index (Phi) is 6.58. The molecular weight excluding hydrogens is 404 g/mol. The van der Waals surface area contributed by atoms with Gasteiger partial charge in [0.05, 0.1) is 26.3 Å². The number of imide groups is 1. The number of carbonyl (C=O) groups excluding carboxylic acids is 2.